The number of anilines is 1. The van der Waals surface area contributed by atoms with Gasteiger partial charge in [0.05, 0.1) is 17.6 Å². The van der Waals surface area contributed by atoms with Gasteiger partial charge in [-0.3, -0.25) is 9.78 Å². The summed E-state index contributed by atoms with van der Waals surface area (Å²) in [7, 11) is 0. The van der Waals surface area contributed by atoms with E-state index >= 15 is 0 Å². The van der Waals surface area contributed by atoms with E-state index in [0.29, 0.717) is 24.7 Å². The zero-order chi connectivity index (χ0) is 21.0. The van der Waals surface area contributed by atoms with Gasteiger partial charge in [0.1, 0.15) is 0 Å². The van der Waals surface area contributed by atoms with Crippen molar-refractivity contribution in [3.05, 3.63) is 70.9 Å². The SMILES string of the molecule is Cc1nc(CC(C)C)c(CN)c(-c2ccc(CN)cc2)c1NC(=O)c1ccco1. The number of rotatable bonds is 7. The van der Waals surface area contributed by atoms with Crippen molar-refractivity contribution in [1.29, 1.82) is 0 Å². The number of furan rings is 1. The molecule has 0 atom stereocenters. The fourth-order valence-corrected chi connectivity index (χ4v) is 3.44. The number of carbonyl (C=O) groups excluding carboxylic acids is 1. The number of nitrogens with two attached hydrogens (primary N) is 2. The summed E-state index contributed by atoms with van der Waals surface area (Å²) in [4.78, 5) is 17.5. The molecule has 1 aromatic carbocycles. The molecule has 2 aromatic heterocycles. The summed E-state index contributed by atoms with van der Waals surface area (Å²) < 4.78 is 5.25. The van der Waals surface area contributed by atoms with Crippen LogP contribution in [0, 0.1) is 12.8 Å². The topological polar surface area (TPSA) is 107 Å². The Morgan fingerprint density at radius 2 is 1.86 bits per heavy atom. The molecule has 2 heterocycles. The van der Waals surface area contributed by atoms with E-state index in [1.54, 1.807) is 12.1 Å². The van der Waals surface area contributed by atoms with Gasteiger partial charge in [-0.15, -0.1) is 0 Å². The first kappa shape index (κ1) is 20.8. The summed E-state index contributed by atoms with van der Waals surface area (Å²) >= 11 is 0. The minimum atomic E-state index is -0.320. The lowest BCUT2D eigenvalue weighted by atomic mass is 9.92. The van der Waals surface area contributed by atoms with E-state index in [1.165, 1.54) is 6.26 Å². The number of aryl methyl sites for hydroxylation is 1. The van der Waals surface area contributed by atoms with E-state index in [4.69, 9.17) is 20.9 Å². The molecule has 0 aliphatic carbocycles. The number of hydrogen-bond acceptors (Lipinski definition) is 5. The van der Waals surface area contributed by atoms with Crippen LogP contribution in [0.5, 0.6) is 0 Å². The quantitative estimate of drug-likeness (QED) is 0.563. The van der Waals surface area contributed by atoms with Crippen LogP contribution >= 0.6 is 0 Å². The molecule has 0 unspecified atom stereocenters. The highest BCUT2D eigenvalue weighted by Crippen LogP contribution is 2.36. The normalized spacial score (nSPS) is 11.1. The van der Waals surface area contributed by atoms with Crippen LogP contribution in [0.25, 0.3) is 11.1 Å². The molecular weight excluding hydrogens is 364 g/mol. The van der Waals surface area contributed by atoms with Crippen LogP contribution in [-0.2, 0) is 19.5 Å². The number of carbonyl (C=O) groups is 1. The van der Waals surface area contributed by atoms with Crippen molar-refractivity contribution in [2.24, 2.45) is 17.4 Å². The van der Waals surface area contributed by atoms with Crippen molar-refractivity contribution >= 4 is 11.6 Å². The highest BCUT2D eigenvalue weighted by Gasteiger charge is 2.21. The molecule has 6 heteroatoms. The van der Waals surface area contributed by atoms with Crippen molar-refractivity contribution in [3.8, 4) is 11.1 Å². The first-order chi connectivity index (χ1) is 13.9. The Morgan fingerprint density at radius 3 is 2.41 bits per heavy atom. The van der Waals surface area contributed by atoms with Crippen molar-refractivity contribution in [3.63, 3.8) is 0 Å². The van der Waals surface area contributed by atoms with Gasteiger partial charge in [0, 0.05) is 24.3 Å². The first-order valence-corrected chi connectivity index (χ1v) is 9.81. The predicted molar refractivity (Wildman–Crippen MR) is 115 cm³/mol. The number of benzene rings is 1. The summed E-state index contributed by atoms with van der Waals surface area (Å²) in [6.07, 6.45) is 2.29. The fourth-order valence-electron chi connectivity index (χ4n) is 3.44. The molecule has 0 aliphatic rings. The van der Waals surface area contributed by atoms with E-state index in [1.807, 2.05) is 31.2 Å². The molecule has 0 spiro atoms. The molecule has 6 nitrogen and oxygen atoms in total. The van der Waals surface area contributed by atoms with Crippen LogP contribution < -0.4 is 16.8 Å². The second-order valence-electron chi connectivity index (χ2n) is 7.51. The van der Waals surface area contributed by atoms with Gasteiger partial charge in [-0.05, 0) is 48.1 Å². The molecule has 1 amide bonds. The van der Waals surface area contributed by atoms with Gasteiger partial charge < -0.3 is 21.2 Å². The van der Waals surface area contributed by atoms with Crippen LogP contribution in [-0.4, -0.2) is 10.9 Å². The van der Waals surface area contributed by atoms with Crippen molar-refractivity contribution in [1.82, 2.24) is 4.98 Å². The smallest absolute Gasteiger partial charge is 0.291 e. The predicted octanol–water partition coefficient (Wildman–Crippen LogP) is 4.02. The fraction of sp³-hybridized carbons (Fsp3) is 0.304. The van der Waals surface area contributed by atoms with Crippen molar-refractivity contribution in [2.45, 2.75) is 40.3 Å². The third-order valence-electron chi connectivity index (χ3n) is 4.83. The number of nitrogens with zero attached hydrogens (tertiary/aromatic N) is 1. The van der Waals surface area contributed by atoms with Gasteiger partial charge in [0.2, 0.25) is 0 Å². The largest absolute Gasteiger partial charge is 0.459 e. The van der Waals surface area contributed by atoms with E-state index < -0.39 is 0 Å². The van der Waals surface area contributed by atoms with Crippen molar-refractivity contribution in [2.75, 3.05) is 5.32 Å². The lowest BCUT2D eigenvalue weighted by Gasteiger charge is -2.21. The van der Waals surface area contributed by atoms with Gasteiger partial charge in [-0.25, -0.2) is 0 Å². The highest BCUT2D eigenvalue weighted by atomic mass is 16.3. The Hall–Kier alpha value is -2.96. The molecule has 29 heavy (non-hydrogen) atoms. The standard InChI is InChI=1S/C23H28N4O2/c1-14(2)11-19-18(13-25)21(17-8-6-16(12-24)7-9-17)22(15(3)26-19)27-23(28)20-5-4-10-29-20/h4-10,14H,11-13,24-25H2,1-3H3,(H,27,28). The monoisotopic (exact) mass is 392 g/mol. The van der Waals surface area contributed by atoms with Crippen LogP contribution in [0.4, 0.5) is 5.69 Å². The van der Waals surface area contributed by atoms with Crippen LogP contribution in [0.2, 0.25) is 0 Å². The summed E-state index contributed by atoms with van der Waals surface area (Å²) in [6, 6.07) is 11.3. The Kier molecular flexibility index (Phi) is 6.46. The molecule has 3 aromatic rings. The number of pyridine rings is 1. The number of aromatic nitrogens is 1. The van der Waals surface area contributed by atoms with Gasteiger partial charge in [-0.2, -0.15) is 0 Å². The van der Waals surface area contributed by atoms with Crippen LogP contribution in [0.1, 0.15) is 46.9 Å². The number of nitrogens with one attached hydrogen (secondary N) is 1. The van der Waals surface area contributed by atoms with Crippen LogP contribution in [0.15, 0.2) is 47.1 Å². The second kappa shape index (κ2) is 9.03. The third-order valence-corrected chi connectivity index (χ3v) is 4.83. The van der Waals surface area contributed by atoms with E-state index in [9.17, 15) is 4.79 Å². The summed E-state index contributed by atoms with van der Waals surface area (Å²) in [5, 5.41) is 2.99. The van der Waals surface area contributed by atoms with Gasteiger partial charge >= 0.3 is 0 Å². The van der Waals surface area contributed by atoms with E-state index in [2.05, 4.69) is 19.2 Å². The molecule has 0 saturated heterocycles. The van der Waals surface area contributed by atoms with E-state index in [-0.39, 0.29) is 11.7 Å². The summed E-state index contributed by atoms with van der Waals surface area (Å²) in [6.45, 7) is 7.01. The molecular formula is C23H28N4O2. The molecule has 0 bridgehead atoms. The maximum absolute atomic E-state index is 12.7. The Balaban J connectivity index is 2.18. The van der Waals surface area contributed by atoms with Crippen LogP contribution in [0.3, 0.4) is 0 Å². The zero-order valence-electron chi connectivity index (χ0n) is 17.2. The lowest BCUT2D eigenvalue weighted by molar-refractivity contribution is 0.0996. The zero-order valence-corrected chi connectivity index (χ0v) is 17.2. The number of amides is 1. The average molecular weight is 393 g/mol. The lowest BCUT2D eigenvalue weighted by Crippen LogP contribution is -2.17. The molecule has 5 N–H and O–H groups in total. The molecule has 152 valence electrons. The second-order valence-corrected chi connectivity index (χ2v) is 7.51. The molecule has 0 aliphatic heterocycles. The van der Waals surface area contributed by atoms with Gasteiger partial charge in [0.25, 0.3) is 5.91 Å². The van der Waals surface area contributed by atoms with Gasteiger partial charge in [0.15, 0.2) is 5.76 Å². The van der Waals surface area contributed by atoms with Crippen molar-refractivity contribution < 1.29 is 9.21 Å². The molecule has 3 rings (SSSR count). The maximum Gasteiger partial charge on any atom is 0.291 e. The Labute approximate surface area is 171 Å². The minimum Gasteiger partial charge on any atom is -0.459 e. The summed E-state index contributed by atoms with van der Waals surface area (Å²) in [5.74, 6) is 0.358. The number of hydrogen-bond donors (Lipinski definition) is 3. The Morgan fingerprint density at radius 1 is 1.14 bits per heavy atom. The highest BCUT2D eigenvalue weighted by molar-refractivity contribution is 6.05. The van der Waals surface area contributed by atoms with E-state index in [0.717, 1.165) is 40.1 Å². The summed E-state index contributed by atoms with van der Waals surface area (Å²) in [5.41, 5.74) is 18.1. The molecule has 0 fully saturated rings. The molecule has 0 saturated carbocycles. The minimum absolute atomic E-state index is 0.245. The van der Waals surface area contributed by atoms with Gasteiger partial charge in [-0.1, -0.05) is 38.1 Å². The first-order valence-electron chi connectivity index (χ1n) is 9.81. The maximum atomic E-state index is 12.7. The Bertz CT molecular complexity index is 977. The third kappa shape index (κ3) is 4.55. The molecule has 0 radical (unpaired) electrons. The average Bonchev–Trinajstić information content (AvgIpc) is 3.24.